The number of benzene rings is 3. The molecule has 0 aliphatic carbocycles. The SMILES string of the molecule is Cc1ccc(N=Cc2cccc([N+](=O)[O-])c2)cc1N=Cc1cccc([N+](=O)[O-])c1. The number of aliphatic imine (C=N–C) groups is 2. The van der Waals surface area contributed by atoms with Crippen molar-refractivity contribution in [2.45, 2.75) is 6.92 Å². The molecule has 0 unspecified atom stereocenters. The van der Waals surface area contributed by atoms with Crippen molar-refractivity contribution < 1.29 is 9.85 Å². The van der Waals surface area contributed by atoms with E-state index in [1.54, 1.807) is 42.8 Å². The van der Waals surface area contributed by atoms with E-state index in [4.69, 9.17) is 0 Å². The smallest absolute Gasteiger partial charge is 0.258 e. The summed E-state index contributed by atoms with van der Waals surface area (Å²) in [5.74, 6) is 0. The number of non-ortho nitro benzene ring substituents is 2. The van der Waals surface area contributed by atoms with Gasteiger partial charge in [-0.15, -0.1) is 0 Å². The van der Waals surface area contributed by atoms with Crippen LogP contribution in [0.2, 0.25) is 0 Å². The van der Waals surface area contributed by atoms with Crippen molar-refractivity contribution in [1.29, 1.82) is 0 Å². The lowest BCUT2D eigenvalue weighted by Gasteiger charge is -2.02. The number of nitro groups is 2. The summed E-state index contributed by atoms with van der Waals surface area (Å²) in [6, 6.07) is 17.8. The zero-order chi connectivity index (χ0) is 20.8. The van der Waals surface area contributed by atoms with Crippen LogP contribution in [0.15, 0.2) is 76.7 Å². The van der Waals surface area contributed by atoms with Gasteiger partial charge < -0.3 is 0 Å². The molecule has 0 atom stereocenters. The van der Waals surface area contributed by atoms with Crippen LogP contribution < -0.4 is 0 Å². The normalized spacial score (nSPS) is 11.2. The fourth-order valence-electron chi connectivity index (χ4n) is 2.55. The van der Waals surface area contributed by atoms with Crippen LogP contribution in [0.5, 0.6) is 0 Å². The van der Waals surface area contributed by atoms with Gasteiger partial charge >= 0.3 is 0 Å². The van der Waals surface area contributed by atoms with Crippen LogP contribution in [-0.2, 0) is 0 Å². The highest BCUT2D eigenvalue weighted by Crippen LogP contribution is 2.25. The van der Waals surface area contributed by atoms with Gasteiger partial charge in [0.05, 0.1) is 21.2 Å². The maximum Gasteiger partial charge on any atom is 0.270 e. The molecule has 0 spiro atoms. The minimum absolute atomic E-state index is 0.0000923. The van der Waals surface area contributed by atoms with Gasteiger partial charge in [0.1, 0.15) is 0 Å². The molecule has 0 heterocycles. The van der Waals surface area contributed by atoms with Gasteiger partial charge in [-0.2, -0.15) is 0 Å². The zero-order valence-corrected chi connectivity index (χ0v) is 15.4. The van der Waals surface area contributed by atoms with Crippen molar-refractivity contribution >= 4 is 35.2 Å². The molecule has 0 aliphatic heterocycles. The Bertz CT molecular complexity index is 1140. The van der Waals surface area contributed by atoms with Crippen LogP contribution in [-0.4, -0.2) is 22.3 Å². The third kappa shape index (κ3) is 5.16. The average Bonchev–Trinajstić information content (AvgIpc) is 2.72. The van der Waals surface area contributed by atoms with E-state index >= 15 is 0 Å². The van der Waals surface area contributed by atoms with Gasteiger partial charge in [0, 0.05) is 36.7 Å². The standard InChI is InChI=1S/C21H16N4O4/c1-15-8-9-18(22-13-16-4-2-6-19(10-16)24(26)27)12-21(15)23-14-17-5-3-7-20(11-17)25(28)29/h2-14H,1H3. The molecule has 0 aliphatic rings. The molecule has 0 saturated heterocycles. The van der Waals surface area contributed by atoms with Crippen molar-refractivity contribution in [2.75, 3.05) is 0 Å². The lowest BCUT2D eigenvalue weighted by Crippen LogP contribution is -1.89. The summed E-state index contributed by atoms with van der Waals surface area (Å²) in [5.41, 5.74) is 3.45. The van der Waals surface area contributed by atoms with E-state index in [0.717, 1.165) is 5.56 Å². The molecule has 0 radical (unpaired) electrons. The lowest BCUT2D eigenvalue weighted by atomic mass is 10.1. The molecule has 8 nitrogen and oxygen atoms in total. The van der Waals surface area contributed by atoms with E-state index in [9.17, 15) is 20.2 Å². The second-order valence-electron chi connectivity index (χ2n) is 6.19. The largest absolute Gasteiger partial charge is 0.270 e. The van der Waals surface area contributed by atoms with E-state index in [1.807, 2.05) is 19.1 Å². The summed E-state index contributed by atoms with van der Waals surface area (Å²) >= 11 is 0. The number of aryl methyl sites for hydroxylation is 1. The molecule has 3 aromatic rings. The van der Waals surface area contributed by atoms with E-state index in [1.165, 1.54) is 24.3 Å². The number of nitrogens with zero attached hydrogens (tertiary/aromatic N) is 4. The Morgan fingerprint density at radius 2 is 1.31 bits per heavy atom. The molecule has 29 heavy (non-hydrogen) atoms. The molecular weight excluding hydrogens is 372 g/mol. The van der Waals surface area contributed by atoms with Crippen LogP contribution in [0.1, 0.15) is 16.7 Å². The predicted molar refractivity (Wildman–Crippen MR) is 112 cm³/mol. The van der Waals surface area contributed by atoms with Gasteiger partial charge in [-0.3, -0.25) is 30.2 Å². The molecule has 0 N–H and O–H groups in total. The van der Waals surface area contributed by atoms with Crippen molar-refractivity contribution in [3.8, 4) is 0 Å². The fourth-order valence-corrected chi connectivity index (χ4v) is 2.55. The molecule has 3 aromatic carbocycles. The van der Waals surface area contributed by atoms with E-state index < -0.39 is 9.85 Å². The highest BCUT2D eigenvalue weighted by atomic mass is 16.6. The minimum Gasteiger partial charge on any atom is -0.258 e. The van der Waals surface area contributed by atoms with Gasteiger partial charge in [-0.05, 0) is 35.7 Å². The van der Waals surface area contributed by atoms with Crippen LogP contribution >= 0.6 is 0 Å². The maximum atomic E-state index is 10.9. The summed E-state index contributed by atoms with van der Waals surface area (Å²) in [6.45, 7) is 1.90. The third-order valence-electron chi connectivity index (χ3n) is 4.07. The monoisotopic (exact) mass is 388 g/mol. The minimum atomic E-state index is -0.454. The van der Waals surface area contributed by atoms with Crippen LogP contribution in [0.25, 0.3) is 0 Å². The van der Waals surface area contributed by atoms with Crippen LogP contribution in [0, 0.1) is 27.2 Å². The van der Waals surface area contributed by atoms with E-state index in [2.05, 4.69) is 9.98 Å². The molecule has 8 heteroatoms. The van der Waals surface area contributed by atoms with Gasteiger partial charge in [0.25, 0.3) is 11.4 Å². The van der Waals surface area contributed by atoms with Crippen molar-refractivity contribution in [3.05, 3.63) is 104 Å². The summed E-state index contributed by atoms with van der Waals surface area (Å²) in [5, 5.41) is 21.7. The Balaban J connectivity index is 1.83. The summed E-state index contributed by atoms with van der Waals surface area (Å²) < 4.78 is 0. The number of nitro benzene ring substituents is 2. The highest BCUT2D eigenvalue weighted by molar-refractivity contribution is 5.85. The third-order valence-corrected chi connectivity index (χ3v) is 4.07. The molecule has 0 saturated carbocycles. The quantitative estimate of drug-likeness (QED) is 0.323. The summed E-state index contributed by atoms with van der Waals surface area (Å²) in [4.78, 5) is 29.6. The Kier molecular flexibility index (Phi) is 5.84. The first-order valence-corrected chi connectivity index (χ1v) is 8.60. The second kappa shape index (κ2) is 8.66. The Morgan fingerprint density at radius 3 is 1.86 bits per heavy atom. The zero-order valence-electron chi connectivity index (χ0n) is 15.4. The first kappa shape index (κ1) is 19.6. The predicted octanol–water partition coefficient (Wildman–Crippen LogP) is 5.31. The number of hydrogen-bond acceptors (Lipinski definition) is 6. The van der Waals surface area contributed by atoms with Crippen LogP contribution in [0.3, 0.4) is 0 Å². The summed E-state index contributed by atoms with van der Waals surface area (Å²) in [6.07, 6.45) is 3.11. The first-order chi connectivity index (χ1) is 13.9. The van der Waals surface area contributed by atoms with Crippen molar-refractivity contribution in [3.63, 3.8) is 0 Å². The van der Waals surface area contributed by atoms with Crippen molar-refractivity contribution in [2.24, 2.45) is 9.98 Å². The molecule has 0 amide bonds. The topological polar surface area (TPSA) is 111 Å². The van der Waals surface area contributed by atoms with E-state index in [-0.39, 0.29) is 11.4 Å². The molecule has 0 bridgehead atoms. The second-order valence-corrected chi connectivity index (χ2v) is 6.19. The molecule has 3 rings (SSSR count). The molecule has 0 aromatic heterocycles. The highest BCUT2D eigenvalue weighted by Gasteiger charge is 2.05. The molecule has 144 valence electrons. The fraction of sp³-hybridized carbons (Fsp3) is 0.0476. The Labute approximate surface area is 166 Å². The Morgan fingerprint density at radius 1 is 0.759 bits per heavy atom. The first-order valence-electron chi connectivity index (χ1n) is 8.60. The maximum absolute atomic E-state index is 10.9. The van der Waals surface area contributed by atoms with Gasteiger partial charge in [0.2, 0.25) is 0 Å². The van der Waals surface area contributed by atoms with Crippen molar-refractivity contribution in [1.82, 2.24) is 0 Å². The van der Waals surface area contributed by atoms with E-state index in [0.29, 0.717) is 22.5 Å². The number of rotatable bonds is 6. The number of hydrogen-bond donors (Lipinski definition) is 0. The van der Waals surface area contributed by atoms with Gasteiger partial charge in [0.15, 0.2) is 0 Å². The lowest BCUT2D eigenvalue weighted by molar-refractivity contribution is -0.385. The molecule has 0 fully saturated rings. The summed E-state index contributed by atoms with van der Waals surface area (Å²) in [7, 11) is 0. The Hall–Kier alpha value is -4.20. The molecular formula is C21H16N4O4. The average molecular weight is 388 g/mol. The van der Waals surface area contributed by atoms with Gasteiger partial charge in [-0.1, -0.05) is 30.3 Å². The van der Waals surface area contributed by atoms with Gasteiger partial charge in [-0.25, -0.2) is 0 Å². The van der Waals surface area contributed by atoms with Crippen LogP contribution in [0.4, 0.5) is 22.7 Å².